The van der Waals surface area contributed by atoms with Crippen molar-refractivity contribution in [3.8, 4) is 0 Å². The van der Waals surface area contributed by atoms with Crippen LogP contribution in [0.15, 0.2) is 42.5 Å². The number of hydrogen-bond donors (Lipinski definition) is 0. The Balaban J connectivity index is 2.27. The lowest BCUT2D eigenvalue weighted by atomic mass is 10.0. The van der Waals surface area contributed by atoms with Gasteiger partial charge in [0.2, 0.25) is 0 Å². The van der Waals surface area contributed by atoms with Crippen LogP contribution in [0.4, 0.5) is 17.6 Å². The zero-order chi connectivity index (χ0) is 15.6. The standard InChI is InChI=1S/C15H10Cl2F4/c16-12-5-2-6-14(18)11(12)8-13(17)9-3-1-4-10(7-9)15(19,20)21/h1-7,13H,8H2. The van der Waals surface area contributed by atoms with E-state index in [2.05, 4.69) is 0 Å². The van der Waals surface area contributed by atoms with E-state index in [-0.39, 0.29) is 22.6 Å². The van der Waals surface area contributed by atoms with E-state index in [9.17, 15) is 17.6 Å². The Morgan fingerprint density at radius 2 is 1.71 bits per heavy atom. The van der Waals surface area contributed by atoms with Gasteiger partial charge in [0.25, 0.3) is 0 Å². The number of benzene rings is 2. The first-order chi connectivity index (χ1) is 9.79. The highest BCUT2D eigenvalue weighted by molar-refractivity contribution is 6.31. The third-order valence-corrected chi connectivity index (χ3v) is 3.78. The molecule has 0 nitrogen and oxygen atoms in total. The van der Waals surface area contributed by atoms with E-state index in [1.807, 2.05) is 0 Å². The van der Waals surface area contributed by atoms with Crippen molar-refractivity contribution in [3.05, 3.63) is 70.0 Å². The quantitative estimate of drug-likeness (QED) is 0.474. The topological polar surface area (TPSA) is 0 Å². The monoisotopic (exact) mass is 336 g/mol. The van der Waals surface area contributed by atoms with Gasteiger partial charge in [0, 0.05) is 10.6 Å². The summed E-state index contributed by atoms with van der Waals surface area (Å²) in [6, 6.07) is 8.87. The van der Waals surface area contributed by atoms with Crippen molar-refractivity contribution in [2.45, 2.75) is 18.0 Å². The molecule has 0 aliphatic rings. The van der Waals surface area contributed by atoms with E-state index in [4.69, 9.17) is 23.2 Å². The predicted molar refractivity (Wildman–Crippen MR) is 75.2 cm³/mol. The van der Waals surface area contributed by atoms with Crippen LogP contribution in [0.25, 0.3) is 0 Å². The molecule has 1 unspecified atom stereocenters. The molecule has 0 spiro atoms. The van der Waals surface area contributed by atoms with Gasteiger partial charge < -0.3 is 0 Å². The Kier molecular flexibility index (Phi) is 4.79. The number of rotatable bonds is 3. The van der Waals surface area contributed by atoms with E-state index in [1.54, 1.807) is 0 Å². The average molecular weight is 337 g/mol. The van der Waals surface area contributed by atoms with Crippen LogP contribution in [0, 0.1) is 5.82 Å². The van der Waals surface area contributed by atoms with Crippen molar-refractivity contribution in [2.75, 3.05) is 0 Å². The summed E-state index contributed by atoms with van der Waals surface area (Å²) in [7, 11) is 0. The van der Waals surface area contributed by atoms with Gasteiger partial charge in [-0.3, -0.25) is 0 Å². The van der Waals surface area contributed by atoms with Crippen molar-refractivity contribution in [1.29, 1.82) is 0 Å². The van der Waals surface area contributed by atoms with Gasteiger partial charge in [-0.15, -0.1) is 11.6 Å². The molecule has 0 aliphatic heterocycles. The number of hydrogen-bond acceptors (Lipinski definition) is 0. The summed E-state index contributed by atoms with van der Waals surface area (Å²) in [6.07, 6.45) is -4.43. The maximum atomic E-state index is 13.7. The molecule has 2 aromatic carbocycles. The molecule has 2 aromatic rings. The Labute approximate surface area is 129 Å². The van der Waals surface area contributed by atoms with Crippen molar-refractivity contribution in [3.63, 3.8) is 0 Å². The second-order valence-corrected chi connectivity index (χ2v) is 5.43. The van der Waals surface area contributed by atoms with Crippen LogP contribution in [-0.4, -0.2) is 0 Å². The lowest BCUT2D eigenvalue weighted by Gasteiger charge is -2.14. The van der Waals surface area contributed by atoms with Crippen molar-refractivity contribution >= 4 is 23.2 Å². The molecule has 0 fully saturated rings. The minimum absolute atomic E-state index is 0.00831. The number of halogens is 6. The summed E-state index contributed by atoms with van der Waals surface area (Å²) in [5.41, 5.74) is -0.326. The van der Waals surface area contributed by atoms with Crippen LogP contribution in [0.1, 0.15) is 22.1 Å². The van der Waals surface area contributed by atoms with Gasteiger partial charge in [-0.25, -0.2) is 4.39 Å². The van der Waals surface area contributed by atoms with Crippen LogP contribution in [0.3, 0.4) is 0 Å². The zero-order valence-electron chi connectivity index (χ0n) is 10.6. The predicted octanol–water partition coefficient (Wildman–Crippen LogP) is 6.02. The fourth-order valence-electron chi connectivity index (χ4n) is 1.93. The van der Waals surface area contributed by atoms with Crippen LogP contribution >= 0.6 is 23.2 Å². The van der Waals surface area contributed by atoms with Gasteiger partial charge in [0.15, 0.2) is 0 Å². The first kappa shape index (κ1) is 16.1. The third-order valence-electron chi connectivity index (χ3n) is 3.02. The Morgan fingerprint density at radius 1 is 1.05 bits per heavy atom. The van der Waals surface area contributed by atoms with E-state index in [1.165, 1.54) is 30.3 Å². The number of alkyl halides is 4. The van der Waals surface area contributed by atoms with Gasteiger partial charge >= 0.3 is 6.18 Å². The van der Waals surface area contributed by atoms with E-state index in [0.717, 1.165) is 12.1 Å². The highest BCUT2D eigenvalue weighted by Crippen LogP contribution is 2.34. The largest absolute Gasteiger partial charge is 0.416 e. The molecular formula is C15H10Cl2F4. The molecule has 2 rings (SSSR count). The van der Waals surface area contributed by atoms with Gasteiger partial charge in [0.1, 0.15) is 5.82 Å². The molecule has 0 amide bonds. The first-order valence-corrected chi connectivity index (χ1v) is 6.84. The molecule has 0 saturated heterocycles. The van der Waals surface area contributed by atoms with Gasteiger partial charge in [-0.2, -0.15) is 13.2 Å². The van der Waals surface area contributed by atoms with Crippen LogP contribution < -0.4 is 0 Å². The second kappa shape index (κ2) is 6.24. The molecule has 0 aromatic heterocycles. The molecule has 21 heavy (non-hydrogen) atoms. The SMILES string of the molecule is Fc1cccc(Cl)c1CC(Cl)c1cccc(C(F)(F)F)c1. The molecule has 0 saturated carbocycles. The molecule has 0 radical (unpaired) electrons. The highest BCUT2D eigenvalue weighted by Gasteiger charge is 2.31. The van der Waals surface area contributed by atoms with Gasteiger partial charge in [-0.1, -0.05) is 35.9 Å². The summed E-state index contributed by atoms with van der Waals surface area (Å²) >= 11 is 12.0. The summed E-state index contributed by atoms with van der Waals surface area (Å²) in [4.78, 5) is 0. The summed E-state index contributed by atoms with van der Waals surface area (Å²) < 4.78 is 51.7. The second-order valence-electron chi connectivity index (χ2n) is 4.50. The van der Waals surface area contributed by atoms with Gasteiger partial charge in [0.05, 0.1) is 10.9 Å². The summed E-state index contributed by atoms with van der Waals surface area (Å²) in [5, 5.41) is -0.602. The minimum atomic E-state index is -4.44. The maximum Gasteiger partial charge on any atom is 0.416 e. The lowest BCUT2D eigenvalue weighted by Crippen LogP contribution is -2.06. The molecular weight excluding hydrogens is 327 g/mol. The third kappa shape index (κ3) is 3.89. The fraction of sp³-hybridized carbons (Fsp3) is 0.200. The van der Waals surface area contributed by atoms with Crippen molar-refractivity contribution in [2.24, 2.45) is 0 Å². The Bertz CT molecular complexity index is 618. The fourth-order valence-corrected chi connectivity index (χ4v) is 2.46. The molecule has 0 heterocycles. The summed E-state index contributed by atoms with van der Waals surface area (Å²) in [5.74, 6) is -0.528. The maximum absolute atomic E-state index is 13.7. The van der Waals surface area contributed by atoms with E-state index in [0.29, 0.717) is 0 Å². The highest BCUT2D eigenvalue weighted by atomic mass is 35.5. The van der Waals surface area contributed by atoms with Crippen LogP contribution in [0.5, 0.6) is 0 Å². The Hall–Kier alpha value is -1.26. The molecule has 6 heteroatoms. The molecule has 112 valence electrons. The molecule has 0 aliphatic carbocycles. The van der Waals surface area contributed by atoms with Gasteiger partial charge in [-0.05, 0) is 30.2 Å². The van der Waals surface area contributed by atoms with Crippen LogP contribution in [-0.2, 0) is 12.6 Å². The van der Waals surface area contributed by atoms with Crippen LogP contribution in [0.2, 0.25) is 5.02 Å². The molecule has 0 bridgehead atoms. The smallest absolute Gasteiger partial charge is 0.207 e. The van der Waals surface area contributed by atoms with E-state index >= 15 is 0 Å². The molecule has 0 N–H and O–H groups in total. The average Bonchev–Trinajstić information content (AvgIpc) is 2.42. The normalized spacial score (nSPS) is 13.2. The minimum Gasteiger partial charge on any atom is -0.207 e. The Morgan fingerprint density at radius 3 is 2.33 bits per heavy atom. The lowest BCUT2D eigenvalue weighted by molar-refractivity contribution is -0.137. The summed E-state index contributed by atoms with van der Waals surface area (Å²) in [6.45, 7) is 0. The molecule has 1 atom stereocenters. The zero-order valence-corrected chi connectivity index (χ0v) is 12.1. The van der Waals surface area contributed by atoms with E-state index < -0.39 is 22.9 Å². The van der Waals surface area contributed by atoms with Crippen molar-refractivity contribution in [1.82, 2.24) is 0 Å². The first-order valence-electron chi connectivity index (χ1n) is 6.03. The van der Waals surface area contributed by atoms with Crippen molar-refractivity contribution < 1.29 is 17.6 Å².